The smallest absolute Gasteiger partial charge is 0.407 e. The summed E-state index contributed by atoms with van der Waals surface area (Å²) in [4.78, 5) is 34.4. The average Bonchev–Trinajstić information content (AvgIpc) is 2.58. The highest BCUT2D eigenvalue weighted by molar-refractivity contribution is 5.98. The number of hydrogen-bond acceptors (Lipinski definition) is 7. The number of carbonyl (C=O) groups excluding carboxylic acids is 2. The van der Waals surface area contributed by atoms with Crippen molar-refractivity contribution in [2.75, 3.05) is 25.5 Å². The SMILES string of the molecule is COC(=O)c1ccc(C)c([N+](=O)[O-])c1NCCCCCNC(=O)OC(C)(C)C. The van der Waals surface area contributed by atoms with Crippen molar-refractivity contribution in [3.8, 4) is 0 Å². The maximum absolute atomic E-state index is 11.9. The second kappa shape index (κ2) is 10.5. The van der Waals surface area contributed by atoms with E-state index in [4.69, 9.17) is 9.47 Å². The van der Waals surface area contributed by atoms with Crippen LogP contribution in [0.1, 0.15) is 56.0 Å². The summed E-state index contributed by atoms with van der Waals surface area (Å²) in [6.45, 7) is 7.93. The third kappa shape index (κ3) is 7.42. The molecule has 9 nitrogen and oxygen atoms in total. The van der Waals surface area contributed by atoms with Crippen LogP contribution in [0.15, 0.2) is 12.1 Å². The summed E-state index contributed by atoms with van der Waals surface area (Å²) < 4.78 is 9.86. The number of nitrogens with one attached hydrogen (secondary N) is 2. The molecule has 0 fully saturated rings. The molecule has 0 atom stereocenters. The molecule has 9 heteroatoms. The van der Waals surface area contributed by atoms with Gasteiger partial charge in [0.05, 0.1) is 17.6 Å². The van der Waals surface area contributed by atoms with E-state index in [-0.39, 0.29) is 16.9 Å². The molecule has 0 spiro atoms. The molecule has 0 saturated heterocycles. The van der Waals surface area contributed by atoms with Crippen molar-refractivity contribution in [1.82, 2.24) is 5.32 Å². The van der Waals surface area contributed by atoms with E-state index in [0.29, 0.717) is 25.1 Å². The van der Waals surface area contributed by atoms with E-state index in [1.807, 2.05) is 0 Å². The Kier molecular flexibility index (Phi) is 8.69. The Morgan fingerprint density at radius 2 is 1.79 bits per heavy atom. The molecule has 2 N–H and O–H groups in total. The van der Waals surface area contributed by atoms with Gasteiger partial charge in [0.25, 0.3) is 5.69 Å². The Labute approximate surface area is 164 Å². The van der Waals surface area contributed by atoms with E-state index in [9.17, 15) is 19.7 Å². The molecule has 0 heterocycles. The molecule has 0 unspecified atom stereocenters. The van der Waals surface area contributed by atoms with E-state index >= 15 is 0 Å². The van der Waals surface area contributed by atoms with Crippen LogP contribution in [-0.2, 0) is 9.47 Å². The van der Waals surface area contributed by atoms with Crippen LogP contribution in [0.3, 0.4) is 0 Å². The maximum Gasteiger partial charge on any atom is 0.407 e. The number of nitro groups is 1. The van der Waals surface area contributed by atoms with Crippen LogP contribution in [0.5, 0.6) is 0 Å². The molecule has 0 aliphatic heterocycles. The zero-order valence-electron chi connectivity index (χ0n) is 17.1. The lowest BCUT2D eigenvalue weighted by molar-refractivity contribution is -0.384. The van der Waals surface area contributed by atoms with Crippen LogP contribution in [0, 0.1) is 17.0 Å². The Bertz CT molecular complexity index is 712. The molecular formula is C19H29N3O6. The van der Waals surface area contributed by atoms with Crippen molar-refractivity contribution < 1.29 is 24.0 Å². The number of nitro benzene ring substituents is 1. The lowest BCUT2D eigenvalue weighted by Gasteiger charge is -2.19. The molecule has 0 saturated carbocycles. The fourth-order valence-corrected chi connectivity index (χ4v) is 2.53. The minimum absolute atomic E-state index is 0.130. The maximum atomic E-state index is 11.9. The average molecular weight is 395 g/mol. The second-order valence-corrected chi connectivity index (χ2v) is 7.32. The number of carbonyl (C=O) groups is 2. The van der Waals surface area contributed by atoms with Gasteiger partial charge in [0.15, 0.2) is 0 Å². The van der Waals surface area contributed by atoms with Crippen LogP contribution in [0.25, 0.3) is 0 Å². The van der Waals surface area contributed by atoms with Gasteiger partial charge < -0.3 is 20.1 Å². The van der Waals surface area contributed by atoms with Crippen LogP contribution in [0.2, 0.25) is 0 Å². The predicted octanol–water partition coefficient (Wildman–Crippen LogP) is 3.80. The van der Waals surface area contributed by atoms with Gasteiger partial charge in [-0.15, -0.1) is 0 Å². The standard InChI is InChI=1S/C19H29N3O6/c1-13-9-10-14(17(23)27-5)15(16(13)22(25)26)20-11-7-6-8-12-21-18(24)28-19(2,3)4/h9-10,20H,6-8,11-12H2,1-5H3,(H,21,24). The summed E-state index contributed by atoms with van der Waals surface area (Å²) >= 11 is 0. The van der Waals surface area contributed by atoms with Crippen molar-refractivity contribution in [3.05, 3.63) is 33.4 Å². The van der Waals surface area contributed by atoms with E-state index in [0.717, 1.165) is 12.8 Å². The third-order valence-electron chi connectivity index (χ3n) is 3.79. The number of rotatable bonds is 9. The van der Waals surface area contributed by atoms with E-state index in [1.54, 1.807) is 27.7 Å². The quantitative estimate of drug-likeness (QED) is 0.282. The zero-order chi connectivity index (χ0) is 21.3. The summed E-state index contributed by atoms with van der Waals surface area (Å²) in [6, 6.07) is 3.04. The molecule has 0 aliphatic carbocycles. The summed E-state index contributed by atoms with van der Waals surface area (Å²) in [5.74, 6) is -0.632. The van der Waals surface area contributed by atoms with E-state index in [2.05, 4.69) is 10.6 Å². The van der Waals surface area contributed by atoms with Crippen molar-refractivity contribution in [3.63, 3.8) is 0 Å². The van der Waals surface area contributed by atoms with Gasteiger partial charge in [-0.2, -0.15) is 0 Å². The minimum Gasteiger partial charge on any atom is -0.465 e. The Balaban J connectivity index is 2.55. The molecular weight excluding hydrogens is 366 g/mol. The highest BCUT2D eigenvalue weighted by Crippen LogP contribution is 2.32. The molecule has 1 aromatic carbocycles. The normalized spacial score (nSPS) is 10.9. The fourth-order valence-electron chi connectivity index (χ4n) is 2.53. The first-order valence-corrected chi connectivity index (χ1v) is 9.14. The van der Waals surface area contributed by atoms with Gasteiger partial charge in [0.1, 0.15) is 11.3 Å². The van der Waals surface area contributed by atoms with Gasteiger partial charge in [0.2, 0.25) is 0 Å². The van der Waals surface area contributed by atoms with Gasteiger partial charge in [-0.1, -0.05) is 6.07 Å². The molecule has 0 aliphatic rings. The highest BCUT2D eigenvalue weighted by Gasteiger charge is 2.24. The second-order valence-electron chi connectivity index (χ2n) is 7.32. The van der Waals surface area contributed by atoms with Gasteiger partial charge in [0, 0.05) is 18.7 Å². The molecule has 156 valence electrons. The van der Waals surface area contributed by atoms with Gasteiger partial charge in [-0.3, -0.25) is 10.1 Å². The number of hydrogen-bond donors (Lipinski definition) is 2. The fraction of sp³-hybridized carbons (Fsp3) is 0.579. The monoisotopic (exact) mass is 395 g/mol. The molecule has 0 bridgehead atoms. The number of benzene rings is 1. The number of unbranched alkanes of at least 4 members (excludes halogenated alkanes) is 2. The summed E-state index contributed by atoms with van der Waals surface area (Å²) in [5.41, 5.74) is 0.0970. The number of amides is 1. The van der Waals surface area contributed by atoms with Crippen molar-refractivity contribution in [2.45, 2.75) is 52.6 Å². The highest BCUT2D eigenvalue weighted by atomic mass is 16.6. The summed E-state index contributed by atoms with van der Waals surface area (Å²) in [7, 11) is 1.23. The molecule has 1 aromatic rings. The first kappa shape index (κ1) is 23.2. The third-order valence-corrected chi connectivity index (χ3v) is 3.79. The lowest BCUT2D eigenvalue weighted by atomic mass is 10.1. The minimum atomic E-state index is -0.632. The molecule has 28 heavy (non-hydrogen) atoms. The van der Waals surface area contributed by atoms with Crippen LogP contribution >= 0.6 is 0 Å². The molecule has 0 aromatic heterocycles. The Morgan fingerprint density at radius 3 is 2.36 bits per heavy atom. The van der Waals surface area contributed by atoms with Crippen LogP contribution < -0.4 is 10.6 Å². The number of nitrogens with zero attached hydrogens (tertiary/aromatic N) is 1. The number of esters is 1. The summed E-state index contributed by atoms with van der Waals surface area (Å²) in [6.07, 6.45) is 1.78. The largest absolute Gasteiger partial charge is 0.465 e. The lowest BCUT2D eigenvalue weighted by Crippen LogP contribution is -2.33. The Hall–Kier alpha value is -2.84. The zero-order valence-corrected chi connectivity index (χ0v) is 17.1. The predicted molar refractivity (Wildman–Crippen MR) is 106 cm³/mol. The van der Waals surface area contributed by atoms with Gasteiger partial charge in [-0.25, -0.2) is 9.59 Å². The number of methoxy groups -OCH3 is 1. The number of alkyl carbamates (subject to hydrolysis) is 1. The number of aryl methyl sites for hydroxylation is 1. The first-order valence-electron chi connectivity index (χ1n) is 9.14. The Morgan fingerprint density at radius 1 is 1.14 bits per heavy atom. The van der Waals surface area contributed by atoms with Crippen molar-refractivity contribution in [2.24, 2.45) is 0 Å². The van der Waals surface area contributed by atoms with E-state index < -0.39 is 22.6 Å². The molecule has 1 amide bonds. The van der Waals surface area contributed by atoms with Crippen molar-refractivity contribution >= 4 is 23.4 Å². The van der Waals surface area contributed by atoms with Gasteiger partial charge >= 0.3 is 12.1 Å². The first-order chi connectivity index (χ1) is 13.1. The topological polar surface area (TPSA) is 120 Å². The molecule has 0 radical (unpaired) electrons. The van der Waals surface area contributed by atoms with Crippen LogP contribution in [-0.4, -0.2) is 42.8 Å². The van der Waals surface area contributed by atoms with Crippen LogP contribution in [0.4, 0.5) is 16.2 Å². The number of ether oxygens (including phenoxy) is 2. The van der Waals surface area contributed by atoms with E-state index in [1.165, 1.54) is 19.2 Å². The molecule has 1 rings (SSSR count). The van der Waals surface area contributed by atoms with Crippen molar-refractivity contribution in [1.29, 1.82) is 0 Å². The number of anilines is 1. The van der Waals surface area contributed by atoms with Gasteiger partial charge in [-0.05, 0) is 53.0 Å². The summed E-state index contributed by atoms with van der Waals surface area (Å²) in [5, 5.41) is 17.1.